The second-order valence-electron chi connectivity index (χ2n) is 5.78. The second-order valence-corrected chi connectivity index (χ2v) is 7.82. The van der Waals surface area contributed by atoms with Crippen molar-refractivity contribution >= 4 is 10.2 Å². The molecule has 8 heteroatoms. The maximum Gasteiger partial charge on any atom is 0.282 e. The lowest BCUT2D eigenvalue weighted by Crippen LogP contribution is -2.46. The van der Waals surface area contributed by atoms with Gasteiger partial charge in [0.1, 0.15) is 5.82 Å². The number of nitrogens with one attached hydrogen (secondary N) is 1. The van der Waals surface area contributed by atoms with Crippen molar-refractivity contribution in [2.75, 3.05) is 26.7 Å². The largest absolute Gasteiger partial charge is 0.333 e. The van der Waals surface area contributed by atoms with Crippen LogP contribution in [-0.2, 0) is 23.3 Å². The summed E-state index contributed by atoms with van der Waals surface area (Å²) in [6, 6.07) is 0.674. The molecule has 2 heterocycles. The summed E-state index contributed by atoms with van der Waals surface area (Å²) >= 11 is 0. The van der Waals surface area contributed by atoms with Crippen molar-refractivity contribution < 1.29 is 8.42 Å². The Morgan fingerprint density at radius 3 is 3.00 bits per heavy atom. The van der Waals surface area contributed by atoms with Crippen molar-refractivity contribution in [2.45, 2.75) is 38.4 Å². The average molecular weight is 313 g/mol. The summed E-state index contributed by atoms with van der Waals surface area (Å²) in [5.41, 5.74) is 0. The third kappa shape index (κ3) is 3.45. The molecule has 7 nitrogen and oxygen atoms in total. The predicted octanol–water partition coefficient (Wildman–Crippen LogP) is 0.0174. The minimum absolute atomic E-state index is 0.361. The summed E-state index contributed by atoms with van der Waals surface area (Å²) in [7, 11) is -1.72. The molecule has 0 spiro atoms. The van der Waals surface area contributed by atoms with Gasteiger partial charge in [0, 0.05) is 45.1 Å². The molecule has 0 atom stereocenters. The van der Waals surface area contributed by atoms with Gasteiger partial charge >= 0.3 is 0 Å². The highest BCUT2D eigenvalue weighted by Gasteiger charge is 2.30. The maximum atomic E-state index is 12.6. The van der Waals surface area contributed by atoms with E-state index in [4.69, 9.17) is 0 Å². The Balaban J connectivity index is 1.52. The van der Waals surface area contributed by atoms with Crippen LogP contribution in [-0.4, -0.2) is 59.3 Å². The van der Waals surface area contributed by atoms with Gasteiger partial charge in [0.05, 0.1) is 6.54 Å². The van der Waals surface area contributed by atoms with E-state index in [-0.39, 0.29) is 0 Å². The summed E-state index contributed by atoms with van der Waals surface area (Å²) in [5.74, 6) is 0.814. The van der Waals surface area contributed by atoms with Gasteiger partial charge in [0.15, 0.2) is 0 Å². The van der Waals surface area contributed by atoms with Gasteiger partial charge in [-0.05, 0) is 25.8 Å². The topological polar surface area (TPSA) is 70.5 Å². The first-order chi connectivity index (χ1) is 10.1. The molecule has 118 valence electrons. The Kier molecular flexibility index (Phi) is 4.30. The van der Waals surface area contributed by atoms with E-state index in [1.54, 1.807) is 13.2 Å². The van der Waals surface area contributed by atoms with E-state index in [0.29, 0.717) is 32.2 Å². The summed E-state index contributed by atoms with van der Waals surface area (Å²) in [4.78, 5) is 4.21. The molecule has 3 rings (SSSR count). The van der Waals surface area contributed by atoms with Crippen molar-refractivity contribution in [1.29, 1.82) is 0 Å². The monoisotopic (exact) mass is 313 g/mol. The van der Waals surface area contributed by atoms with E-state index in [1.165, 1.54) is 21.5 Å². The summed E-state index contributed by atoms with van der Waals surface area (Å²) in [5, 5.41) is 3.40. The first kappa shape index (κ1) is 15.0. The Bertz CT molecular complexity index is 581. The van der Waals surface area contributed by atoms with Crippen LogP contribution in [0.1, 0.15) is 25.1 Å². The van der Waals surface area contributed by atoms with Gasteiger partial charge in [-0.1, -0.05) is 0 Å². The average Bonchev–Trinajstić information content (AvgIpc) is 3.17. The van der Waals surface area contributed by atoms with E-state index < -0.39 is 10.2 Å². The van der Waals surface area contributed by atoms with Crippen molar-refractivity contribution in [1.82, 2.24) is 23.5 Å². The Hall–Kier alpha value is -0.960. The van der Waals surface area contributed by atoms with Crippen LogP contribution in [0.25, 0.3) is 0 Å². The lowest BCUT2D eigenvalue weighted by molar-refractivity contribution is 0.305. The molecule has 1 aliphatic heterocycles. The number of nitrogens with zero attached hydrogens (tertiary/aromatic N) is 4. The van der Waals surface area contributed by atoms with Crippen molar-refractivity contribution in [3.8, 4) is 0 Å². The van der Waals surface area contributed by atoms with E-state index in [2.05, 4.69) is 10.3 Å². The molecule has 0 saturated heterocycles. The highest BCUT2D eigenvalue weighted by Crippen LogP contribution is 2.19. The minimum Gasteiger partial charge on any atom is -0.333 e. The number of aromatic nitrogens is 2. The Morgan fingerprint density at radius 1 is 1.43 bits per heavy atom. The number of fused-ring (bicyclic) bond motifs is 1. The van der Waals surface area contributed by atoms with Crippen LogP contribution in [0.2, 0.25) is 0 Å². The van der Waals surface area contributed by atoms with Crippen LogP contribution in [0, 0.1) is 0 Å². The second kappa shape index (κ2) is 6.04. The van der Waals surface area contributed by atoms with Crippen LogP contribution in [0.3, 0.4) is 0 Å². The van der Waals surface area contributed by atoms with Crippen LogP contribution in [0.15, 0.2) is 12.4 Å². The maximum absolute atomic E-state index is 12.6. The number of imidazole rings is 1. The van der Waals surface area contributed by atoms with E-state index in [0.717, 1.165) is 18.8 Å². The molecule has 1 aliphatic carbocycles. The molecule has 0 unspecified atom stereocenters. The van der Waals surface area contributed by atoms with E-state index in [1.807, 2.05) is 10.8 Å². The molecule has 0 radical (unpaired) electrons. The molecule has 1 saturated carbocycles. The predicted molar refractivity (Wildman–Crippen MR) is 79.8 cm³/mol. The minimum atomic E-state index is -3.38. The third-order valence-corrected chi connectivity index (χ3v) is 6.02. The van der Waals surface area contributed by atoms with Gasteiger partial charge in [-0.3, -0.25) is 0 Å². The molecule has 1 N–H and O–H groups in total. The molecule has 1 aromatic heterocycles. The van der Waals surface area contributed by atoms with Gasteiger partial charge in [0.25, 0.3) is 10.2 Å². The number of hydrogen-bond donors (Lipinski definition) is 1. The van der Waals surface area contributed by atoms with Crippen molar-refractivity contribution in [3.63, 3.8) is 0 Å². The van der Waals surface area contributed by atoms with Crippen LogP contribution >= 0.6 is 0 Å². The van der Waals surface area contributed by atoms with Gasteiger partial charge in [-0.15, -0.1) is 0 Å². The highest BCUT2D eigenvalue weighted by molar-refractivity contribution is 7.86. The normalized spacial score (nSPS) is 19.9. The first-order valence-corrected chi connectivity index (χ1v) is 8.92. The van der Waals surface area contributed by atoms with E-state index in [9.17, 15) is 8.42 Å². The van der Waals surface area contributed by atoms with Gasteiger partial charge < -0.3 is 9.88 Å². The summed E-state index contributed by atoms with van der Waals surface area (Å²) < 4.78 is 30.1. The lowest BCUT2D eigenvalue weighted by atomic mass is 10.4. The van der Waals surface area contributed by atoms with Crippen LogP contribution < -0.4 is 5.32 Å². The van der Waals surface area contributed by atoms with Crippen LogP contribution in [0.4, 0.5) is 0 Å². The fourth-order valence-corrected chi connectivity index (χ4v) is 3.90. The zero-order chi connectivity index (χ0) is 14.9. The summed E-state index contributed by atoms with van der Waals surface area (Å²) in [6.07, 6.45) is 6.98. The standard InChI is InChI=1S/C13H23N5O2S/c1-16(7-2-5-14-12-3-4-12)21(19,20)18-10-9-17-8-6-15-13(17)11-18/h6,8,12,14H,2-5,7,9-11H2,1H3. The molecule has 0 bridgehead atoms. The highest BCUT2D eigenvalue weighted by atomic mass is 32.2. The molecular formula is C13H23N5O2S. The van der Waals surface area contributed by atoms with Crippen molar-refractivity contribution in [3.05, 3.63) is 18.2 Å². The fourth-order valence-electron chi connectivity index (χ4n) is 2.56. The quantitative estimate of drug-likeness (QED) is 0.720. The fraction of sp³-hybridized carbons (Fsp3) is 0.769. The summed E-state index contributed by atoms with van der Waals surface area (Å²) in [6.45, 7) is 2.98. The number of rotatable bonds is 7. The lowest BCUT2D eigenvalue weighted by Gasteiger charge is -2.30. The molecule has 2 aliphatic rings. The Labute approximate surface area is 126 Å². The van der Waals surface area contributed by atoms with Crippen molar-refractivity contribution in [2.24, 2.45) is 0 Å². The zero-order valence-electron chi connectivity index (χ0n) is 12.4. The Morgan fingerprint density at radius 2 is 2.24 bits per heavy atom. The number of hydrogen-bond acceptors (Lipinski definition) is 4. The molecule has 1 fully saturated rings. The SMILES string of the molecule is CN(CCCNC1CC1)S(=O)(=O)N1CCn2ccnc2C1. The van der Waals surface area contributed by atoms with Gasteiger partial charge in [-0.2, -0.15) is 17.0 Å². The molecular weight excluding hydrogens is 290 g/mol. The molecule has 0 aromatic carbocycles. The molecule has 1 aromatic rings. The zero-order valence-corrected chi connectivity index (χ0v) is 13.2. The van der Waals surface area contributed by atoms with Gasteiger partial charge in [-0.25, -0.2) is 4.98 Å². The molecule has 21 heavy (non-hydrogen) atoms. The molecule has 0 amide bonds. The first-order valence-electron chi connectivity index (χ1n) is 7.52. The van der Waals surface area contributed by atoms with Gasteiger partial charge in [0.2, 0.25) is 0 Å². The van der Waals surface area contributed by atoms with Crippen LogP contribution in [0.5, 0.6) is 0 Å². The smallest absolute Gasteiger partial charge is 0.282 e. The third-order valence-electron chi connectivity index (χ3n) is 4.09. The van der Waals surface area contributed by atoms with E-state index >= 15 is 0 Å².